The maximum atomic E-state index is 14.5. The second-order valence-electron chi connectivity index (χ2n) is 18.6. The Labute approximate surface area is 440 Å². The summed E-state index contributed by atoms with van der Waals surface area (Å²) in [6, 6.07) is 18.6. The lowest BCUT2D eigenvalue weighted by Crippen LogP contribution is -2.55. The molecule has 1 fully saturated rings. The quantitative estimate of drug-likeness (QED) is 0.0324. The molecule has 0 radical (unpaired) electrons. The van der Waals surface area contributed by atoms with Gasteiger partial charge in [-0.05, 0) is 65.9 Å². The second-order valence-corrected chi connectivity index (χ2v) is 20.4. The van der Waals surface area contributed by atoms with Gasteiger partial charge in [-0.3, -0.25) is 19.2 Å². The maximum absolute atomic E-state index is 14.5. The van der Waals surface area contributed by atoms with Gasteiger partial charge in [0.15, 0.2) is 11.4 Å². The van der Waals surface area contributed by atoms with Crippen LogP contribution in [0, 0.1) is 30.5 Å². The molecule has 0 spiro atoms. The minimum atomic E-state index is -1.45. The molecule has 1 saturated heterocycles. The van der Waals surface area contributed by atoms with E-state index in [-0.39, 0.29) is 94.7 Å². The van der Waals surface area contributed by atoms with E-state index >= 15 is 0 Å². The largest absolute Gasteiger partial charge is 0.508 e. The van der Waals surface area contributed by atoms with Crippen molar-refractivity contribution >= 4 is 51.4 Å². The Hall–Kier alpha value is -7.25. The topological polar surface area (TPSA) is 216 Å². The third-order valence-corrected chi connectivity index (χ3v) is 15.0. The molecular weight excluding hydrogens is 1000 g/mol. The number of benzene rings is 4. The molecule has 0 aliphatic carbocycles. The molecule has 5 atom stereocenters. The van der Waals surface area contributed by atoms with Crippen molar-refractivity contribution in [2.45, 2.75) is 77.3 Å². The van der Waals surface area contributed by atoms with Crippen LogP contribution in [0.1, 0.15) is 80.5 Å². The van der Waals surface area contributed by atoms with E-state index in [0.29, 0.717) is 38.7 Å². The number of carbonyl (C=O) groups excluding carboxylic acids is 4. The summed E-state index contributed by atoms with van der Waals surface area (Å²) in [6.07, 6.45) is -0.758. The Balaban J connectivity index is 0.776. The Morgan fingerprint density at radius 1 is 0.920 bits per heavy atom. The van der Waals surface area contributed by atoms with Crippen LogP contribution in [-0.4, -0.2) is 128 Å². The first-order chi connectivity index (χ1) is 36.3. The number of aliphatic hydroxyl groups excluding tert-OH is 2. The number of anilines is 1. The molecule has 1 unspecified atom stereocenters. The van der Waals surface area contributed by atoms with Crippen LogP contribution in [0.4, 0.5) is 9.52 Å². The number of aromatic nitrogens is 2. The summed E-state index contributed by atoms with van der Waals surface area (Å²) in [5.41, 5.74) is 7.06. The number of β-amino-alcohol motifs (C(OH)–C–C–N with tert-alkyl or cyclic N) is 1. The zero-order valence-corrected chi connectivity index (χ0v) is 43.0. The first-order valence-electron chi connectivity index (χ1n) is 24.5. The van der Waals surface area contributed by atoms with E-state index in [0.717, 1.165) is 33.8 Å². The van der Waals surface area contributed by atoms with Crippen LogP contribution < -0.4 is 15.4 Å². The normalized spacial score (nSPS) is 17.1. The zero-order valence-electron chi connectivity index (χ0n) is 41.4. The molecule has 6 aromatic rings. The van der Waals surface area contributed by atoms with Crippen molar-refractivity contribution in [3.63, 3.8) is 0 Å². The number of aryl methyl sites for hydroxylation is 1. The fraction of sp³-hybridized carbons (Fsp3) is 0.345. The lowest BCUT2D eigenvalue weighted by molar-refractivity contribution is -0.143. The highest BCUT2D eigenvalue weighted by molar-refractivity contribution is 7.13. The first kappa shape index (κ1) is 52.6. The van der Waals surface area contributed by atoms with Gasteiger partial charge in [-0.25, -0.2) is 14.4 Å². The Kier molecular flexibility index (Phi) is 16.5. The third kappa shape index (κ3) is 11.7. The monoisotopic (exact) mass is 1060 g/mol. The first-order valence-corrected chi connectivity index (χ1v) is 26.2. The standard InChI is InChI=1S/C55H56FN7O10S2/c1-32(2)47(62-28-37-8-4-5-12-41(37)52(62)68)54(70)61-30-40(64)26-43(61)50(66)58-27-36-14-13-35(49-33(3)59-31-75-49)24-45(36)73-22-21-72-20-19-71-18-7-11-34-9-6-10-38-29-63(53(69)46(34)38)48(42-25-39(56)15-16-44(42)65)51(67)60-55-57-17-23-74-55/h4-6,8-10,12-17,23-25,31-32,40,43,47-48,51,64-65,67H,18-22,26-30H2,1-3H3,(H,57,60)(H,58,66)/t40-,43+,47+,48+,51?/m1/s1. The number of carbonyl (C=O) groups is 4. The van der Waals surface area contributed by atoms with Gasteiger partial charge in [0.2, 0.25) is 11.8 Å². The van der Waals surface area contributed by atoms with Crippen LogP contribution in [-0.2, 0) is 38.7 Å². The van der Waals surface area contributed by atoms with Gasteiger partial charge in [0.1, 0.15) is 48.7 Å². The van der Waals surface area contributed by atoms with Gasteiger partial charge in [-0.1, -0.05) is 68.2 Å². The van der Waals surface area contributed by atoms with E-state index in [1.807, 2.05) is 51.1 Å². The summed E-state index contributed by atoms with van der Waals surface area (Å²) in [7, 11) is 0. The number of aliphatic hydroxyl groups is 2. The van der Waals surface area contributed by atoms with Crippen molar-refractivity contribution < 1.29 is 53.1 Å². The lowest BCUT2D eigenvalue weighted by atomic mass is 10.0. The van der Waals surface area contributed by atoms with E-state index in [2.05, 4.69) is 32.4 Å². The number of hydrogen-bond donors (Lipinski definition) is 5. The Bertz CT molecular complexity index is 3120. The number of aromatic hydroxyl groups is 1. The predicted molar refractivity (Wildman–Crippen MR) is 278 cm³/mol. The van der Waals surface area contributed by atoms with Crippen LogP contribution in [0.3, 0.4) is 0 Å². The lowest BCUT2D eigenvalue weighted by Gasteiger charge is -2.35. The van der Waals surface area contributed by atoms with Crippen molar-refractivity contribution in [2.24, 2.45) is 5.92 Å². The van der Waals surface area contributed by atoms with Gasteiger partial charge in [-0.2, -0.15) is 0 Å². The molecule has 390 valence electrons. The van der Waals surface area contributed by atoms with Gasteiger partial charge in [-0.15, -0.1) is 22.7 Å². The Morgan fingerprint density at radius 3 is 2.48 bits per heavy atom. The molecule has 4 aromatic carbocycles. The van der Waals surface area contributed by atoms with Gasteiger partial charge >= 0.3 is 0 Å². The van der Waals surface area contributed by atoms with Gasteiger partial charge in [0, 0.05) is 66.4 Å². The number of rotatable bonds is 20. The highest BCUT2D eigenvalue weighted by atomic mass is 32.1. The Morgan fingerprint density at radius 2 is 1.71 bits per heavy atom. The van der Waals surface area contributed by atoms with Crippen molar-refractivity contribution in [3.8, 4) is 33.8 Å². The average molecular weight is 1060 g/mol. The molecule has 20 heteroatoms. The molecular formula is C55H56FN7O10S2. The number of likely N-dealkylation sites (tertiary alicyclic amines) is 1. The van der Waals surface area contributed by atoms with Crippen LogP contribution in [0.5, 0.6) is 11.5 Å². The number of nitrogens with zero attached hydrogens (tertiary/aromatic N) is 5. The number of fused-ring (bicyclic) bond motifs is 2. The SMILES string of the molecule is Cc1ncsc1-c1ccc(CNC(=O)[C@@H]2C[C@@H](O)CN2C(=O)[C@H](C(C)C)N2Cc3ccccc3C2=O)c(OCCOCCOCC#Cc2cccc3c2C(=O)N([C@@H](c2cc(F)ccc2O)C(O)Nc2nccs2)C3)c1. The summed E-state index contributed by atoms with van der Waals surface area (Å²) in [4.78, 5) is 69.6. The summed E-state index contributed by atoms with van der Waals surface area (Å²) in [6.45, 7) is 6.92. The van der Waals surface area contributed by atoms with Crippen molar-refractivity contribution in [2.75, 3.05) is 44.9 Å². The highest BCUT2D eigenvalue weighted by Gasteiger charge is 2.46. The molecule has 9 rings (SSSR count). The summed E-state index contributed by atoms with van der Waals surface area (Å²) in [5.74, 6) is 3.82. The third-order valence-electron chi connectivity index (χ3n) is 13.3. The van der Waals surface area contributed by atoms with E-state index in [9.17, 15) is 38.9 Å². The molecule has 5 heterocycles. The molecule has 3 aliphatic rings. The summed E-state index contributed by atoms with van der Waals surface area (Å²) >= 11 is 2.73. The summed E-state index contributed by atoms with van der Waals surface area (Å²) in [5, 5.41) is 40.8. The number of phenols is 1. The van der Waals surface area contributed by atoms with Crippen molar-refractivity contribution in [1.29, 1.82) is 0 Å². The molecule has 3 aliphatic heterocycles. The van der Waals surface area contributed by atoms with E-state index in [1.165, 1.54) is 38.5 Å². The molecule has 0 bridgehead atoms. The number of halogens is 1. The molecule has 2 aromatic heterocycles. The number of ether oxygens (including phenoxy) is 3. The van der Waals surface area contributed by atoms with Crippen LogP contribution >= 0.6 is 22.7 Å². The average Bonchev–Trinajstić information content (AvgIpc) is 4.28. The molecule has 4 amide bonds. The number of hydrogen-bond acceptors (Lipinski definition) is 15. The molecule has 5 N–H and O–H groups in total. The zero-order chi connectivity index (χ0) is 52.8. The van der Waals surface area contributed by atoms with E-state index in [4.69, 9.17) is 14.2 Å². The number of phenolic OH excluding ortho intramolecular Hbond substituents is 1. The van der Waals surface area contributed by atoms with Crippen LogP contribution in [0.15, 0.2) is 96.0 Å². The van der Waals surface area contributed by atoms with Gasteiger partial charge < -0.3 is 54.9 Å². The molecule has 0 saturated carbocycles. The van der Waals surface area contributed by atoms with E-state index < -0.39 is 48.1 Å². The van der Waals surface area contributed by atoms with Crippen LogP contribution in [0.25, 0.3) is 10.4 Å². The van der Waals surface area contributed by atoms with Gasteiger partial charge in [0.05, 0.1) is 47.6 Å². The van der Waals surface area contributed by atoms with E-state index in [1.54, 1.807) is 52.3 Å². The minimum absolute atomic E-state index is 0.0247. The number of amides is 4. The van der Waals surface area contributed by atoms with Crippen molar-refractivity contribution in [1.82, 2.24) is 30.0 Å². The smallest absolute Gasteiger partial charge is 0.256 e. The fourth-order valence-corrected chi connectivity index (χ4v) is 11.1. The second kappa shape index (κ2) is 23.5. The highest BCUT2D eigenvalue weighted by Crippen LogP contribution is 2.39. The number of nitrogens with one attached hydrogen (secondary N) is 2. The predicted octanol–water partition coefficient (Wildman–Crippen LogP) is 6.27. The maximum Gasteiger partial charge on any atom is 0.256 e. The van der Waals surface area contributed by atoms with Gasteiger partial charge in [0.25, 0.3) is 11.8 Å². The number of thiazole rings is 2. The minimum Gasteiger partial charge on any atom is -0.508 e. The molecule has 17 nitrogen and oxygen atoms in total. The fourth-order valence-electron chi connectivity index (χ4n) is 9.78. The van der Waals surface area contributed by atoms with Crippen molar-refractivity contribution in [3.05, 3.63) is 146 Å². The summed E-state index contributed by atoms with van der Waals surface area (Å²) < 4.78 is 32.3. The van der Waals surface area contributed by atoms with Crippen LogP contribution in [0.2, 0.25) is 0 Å². The molecule has 75 heavy (non-hydrogen) atoms.